The fraction of sp³-hybridized carbons (Fsp3) is 0.0714. The number of nitrogens with one attached hydrogen (secondary N) is 1. The number of halogens is 2. The molecule has 110 valence electrons. The molecule has 0 aliphatic rings. The first-order valence-corrected chi connectivity index (χ1v) is 6.77. The molecule has 0 radical (unpaired) electrons. The summed E-state index contributed by atoms with van der Waals surface area (Å²) < 4.78 is 0. The van der Waals surface area contributed by atoms with Crippen molar-refractivity contribution in [2.75, 3.05) is 12.1 Å². The maximum Gasteiger partial charge on any atom is 0.359 e. The first-order valence-electron chi connectivity index (χ1n) is 6.02. The minimum atomic E-state index is -0.681. The van der Waals surface area contributed by atoms with Crippen LogP contribution in [0.5, 0.6) is 0 Å². The largest absolute Gasteiger partial charge is 0.359 e. The third-order valence-corrected chi connectivity index (χ3v) is 3.17. The second-order valence-electron chi connectivity index (χ2n) is 4.23. The van der Waals surface area contributed by atoms with Crippen LogP contribution in [-0.4, -0.2) is 23.3 Å². The van der Waals surface area contributed by atoms with E-state index in [-0.39, 0.29) is 0 Å². The van der Waals surface area contributed by atoms with Gasteiger partial charge in [-0.25, -0.2) is 15.3 Å². The van der Waals surface area contributed by atoms with Crippen molar-refractivity contribution in [2.45, 2.75) is 0 Å². The lowest BCUT2D eigenvalue weighted by atomic mass is 10.2. The number of carbonyl (C=O) groups excluding carboxylic acids is 1. The van der Waals surface area contributed by atoms with Crippen molar-refractivity contribution >= 4 is 40.6 Å². The molecule has 2 aromatic rings. The number of amides is 2. The predicted molar refractivity (Wildman–Crippen MR) is 83.1 cm³/mol. The molecule has 0 spiro atoms. The van der Waals surface area contributed by atoms with E-state index in [4.69, 9.17) is 23.2 Å². The van der Waals surface area contributed by atoms with Gasteiger partial charge in [-0.1, -0.05) is 23.2 Å². The first-order chi connectivity index (χ1) is 9.97. The van der Waals surface area contributed by atoms with Gasteiger partial charge in [-0.3, -0.25) is 10.2 Å². The summed E-state index contributed by atoms with van der Waals surface area (Å²) in [7, 11) is 1.23. The van der Waals surface area contributed by atoms with Crippen LogP contribution in [0.2, 0.25) is 10.0 Å². The van der Waals surface area contributed by atoms with Crippen LogP contribution in [0.1, 0.15) is 0 Å². The molecule has 0 bridgehead atoms. The monoisotopic (exact) mass is 325 g/mol. The molecule has 2 rings (SSSR count). The summed E-state index contributed by atoms with van der Waals surface area (Å²) >= 11 is 11.7. The second kappa shape index (κ2) is 6.67. The van der Waals surface area contributed by atoms with Gasteiger partial charge in [-0.2, -0.15) is 0 Å². The third-order valence-electron chi connectivity index (χ3n) is 2.67. The summed E-state index contributed by atoms with van der Waals surface area (Å²) in [6.45, 7) is 0. The van der Waals surface area contributed by atoms with E-state index in [1.165, 1.54) is 12.1 Å². The van der Waals surface area contributed by atoms with Crippen molar-refractivity contribution in [3.63, 3.8) is 0 Å². The zero-order valence-electron chi connectivity index (χ0n) is 11.1. The Balaban J connectivity index is 2.36. The molecule has 0 unspecified atom stereocenters. The topological polar surface area (TPSA) is 55.8 Å². The van der Waals surface area contributed by atoms with Crippen LogP contribution >= 0.6 is 23.2 Å². The summed E-state index contributed by atoms with van der Waals surface area (Å²) in [5, 5.41) is 12.3. The summed E-state index contributed by atoms with van der Waals surface area (Å²) in [5.41, 5.74) is 3.93. The lowest BCUT2D eigenvalue weighted by Gasteiger charge is -2.26. The highest BCUT2D eigenvalue weighted by Crippen LogP contribution is 2.26. The molecule has 0 aromatic heterocycles. The highest BCUT2D eigenvalue weighted by atomic mass is 35.5. The van der Waals surface area contributed by atoms with Crippen molar-refractivity contribution in [1.82, 2.24) is 10.5 Å². The summed E-state index contributed by atoms with van der Waals surface area (Å²) in [6.07, 6.45) is 0. The standard InChI is InChI=1S/C14H13Cl2N3O2/c1-18(21)14(20)17-19(12-6-2-10(15)3-7-12)13-8-4-11(16)5-9-13/h2-9,21H,1H3,(H,17,20). The molecule has 0 aliphatic heterocycles. The number of hydrogen-bond acceptors (Lipinski definition) is 3. The Morgan fingerprint density at radius 1 is 0.952 bits per heavy atom. The average Bonchev–Trinajstić information content (AvgIpc) is 2.46. The van der Waals surface area contributed by atoms with Gasteiger partial charge >= 0.3 is 6.03 Å². The number of hydroxylamine groups is 2. The van der Waals surface area contributed by atoms with Crippen LogP contribution in [0.3, 0.4) is 0 Å². The number of hydrogen-bond donors (Lipinski definition) is 2. The minimum absolute atomic E-state index is 0.457. The maximum atomic E-state index is 11.7. The van der Waals surface area contributed by atoms with E-state index in [2.05, 4.69) is 5.43 Å². The number of urea groups is 1. The molecule has 2 N–H and O–H groups in total. The van der Waals surface area contributed by atoms with Gasteiger partial charge in [0.05, 0.1) is 11.4 Å². The fourth-order valence-electron chi connectivity index (χ4n) is 1.63. The van der Waals surface area contributed by atoms with Gasteiger partial charge in [0.25, 0.3) is 0 Å². The molecule has 5 nitrogen and oxygen atoms in total. The summed E-state index contributed by atoms with van der Waals surface area (Å²) in [6, 6.07) is 13.1. The van der Waals surface area contributed by atoms with Crippen LogP contribution in [-0.2, 0) is 0 Å². The molecule has 0 saturated heterocycles. The molecule has 2 aromatic carbocycles. The predicted octanol–water partition coefficient (Wildman–Crippen LogP) is 4.08. The van der Waals surface area contributed by atoms with E-state index < -0.39 is 6.03 Å². The van der Waals surface area contributed by atoms with Crippen molar-refractivity contribution in [2.24, 2.45) is 0 Å². The molecule has 2 amide bonds. The van der Waals surface area contributed by atoms with E-state index in [9.17, 15) is 10.0 Å². The van der Waals surface area contributed by atoms with Crippen LogP contribution < -0.4 is 10.4 Å². The van der Waals surface area contributed by atoms with Crippen molar-refractivity contribution in [3.05, 3.63) is 58.6 Å². The number of hydrazine groups is 1. The third kappa shape index (κ3) is 4.01. The Hall–Kier alpha value is -1.95. The van der Waals surface area contributed by atoms with E-state index in [0.29, 0.717) is 26.5 Å². The van der Waals surface area contributed by atoms with Gasteiger partial charge in [0.1, 0.15) is 0 Å². The molecule has 0 aliphatic carbocycles. The SMILES string of the molecule is CN(O)C(=O)NN(c1ccc(Cl)cc1)c1ccc(Cl)cc1. The molecule has 7 heteroatoms. The Morgan fingerprint density at radius 3 is 1.67 bits per heavy atom. The lowest BCUT2D eigenvalue weighted by Crippen LogP contribution is -2.44. The molecule has 21 heavy (non-hydrogen) atoms. The smallest absolute Gasteiger partial charge is 0.285 e. The van der Waals surface area contributed by atoms with E-state index in [1.54, 1.807) is 48.5 Å². The van der Waals surface area contributed by atoms with Gasteiger partial charge in [-0.05, 0) is 48.5 Å². The normalized spacial score (nSPS) is 10.1. The highest BCUT2D eigenvalue weighted by molar-refractivity contribution is 6.31. The van der Waals surface area contributed by atoms with Gasteiger partial charge < -0.3 is 0 Å². The zero-order chi connectivity index (χ0) is 15.4. The van der Waals surface area contributed by atoms with Crippen LogP contribution in [0.25, 0.3) is 0 Å². The number of nitrogens with zero attached hydrogens (tertiary/aromatic N) is 2. The first kappa shape index (κ1) is 15.4. The Morgan fingerprint density at radius 2 is 1.33 bits per heavy atom. The van der Waals surface area contributed by atoms with E-state index >= 15 is 0 Å². The van der Waals surface area contributed by atoms with Crippen LogP contribution in [0.15, 0.2) is 48.5 Å². The van der Waals surface area contributed by atoms with Gasteiger partial charge in [0.15, 0.2) is 0 Å². The van der Waals surface area contributed by atoms with Gasteiger partial charge in [0, 0.05) is 17.1 Å². The molecular weight excluding hydrogens is 313 g/mol. The Kier molecular flexibility index (Phi) is 4.90. The molecular formula is C14H13Cl2N3O2. The number of benzene rings is 2. The fourth-order valence-corrected chi connectivity index (χ4v) is 1.88. The highest BCUT2D eigenvalue weighted by Gasteiger charge is 2.14. The van der Waals surface area contributed by atoms with E-state index in [0.717, 1.165) is 0 Å². The van der Waals surface area contributed by atoms with Crippen LogP contribution in [0.4, 0.5) is 16.2 Å². The maximum absolute atomic E-state index is 11.7. The van der Waals surface area contributed by atoms with Crippen LogP contribution in [0, 0.1) is 0 Å². The van der Waals surface area contributed by atoms with E-state index in [1.807, 2.05) is 0 Å². The molecule has 0 fully saturated rings. The summed E-state index contributed by atoms with van der Waals surface area (Å²) in [5.74, 6) is 0. The zero-order valence-corrected chi connectivity index (χ0v) is 12.6. The molecule has 0 atom stereocenters. The molecule has 0 heterocycles. The van der Waals surface area contributed by atoms with Gasteiger partial charge in [-0.15, -0.1) is 0 Å². The number of rotatable bonds is 3. The van der Waals surface area contributed by atoms with Crippen molar-refractivity contribution < 1.29 is 10.0 Å². The lowest BCUT2D eigenvalue weighted by molar-refractivity contribution is -0.0182. The minimum Gasteiger partial charge on any atom is -0.285 e. The summed E-state index contributed by atoms with van der Waals surface area (Å²) in [4.78, 5) is 11.7. The van der Waals surface area contributed by atoms with Gasteiger partial charge in [0.2, 0.25) is 0 Å². The number of anilines is 2. The Bertz CT molecular complexity index is 570. The second-order valence-corrected chi connectivity index (χ2v) is 5.10. The van der Waals surface area contributed by atoms with Crippen molar-refractivity contribution in [1.29, 1.82) is 0 Å². The quantitative estimate of drug-likeness (QED) is 0.660. The number of carbonyl (C=O) groups is 1. The Labute approximate surface area is 132 Å². The average molecular weight is 326 g/mol. The molecule has 0 saturated carbocycles. The van der Waals surface area contributed by atoms with Crippen molar-refractivity contribution in [3.8, 4) is 0 Å².